The van der Waals surface area contributed by atoms with E-state index in [2.05, 4.69) is 18.2 Å². The van der Waals surface area contributed by atoms with Crippen LogP contribution >= 0.6 is 0 Å². The van der Waals surface area contributed by atoms with E-state index in [1.54, 1.807) is 0 Å². The van der Waals surface area contributed by atoms with E-state index in [1.807, 2.05) is 31.2 Å². The van der Waals surface area contributed by atoms with Gasteiger partial charge in [0.15, 0.2) is 0 Å². The first-order valence-corrected chi connectivity index (χ1v) is 6.30. The van der Waals surface area contributed by atoms with Crippen LogP contribution in [0.4, 0.5) is 0 Å². The normalized spacial score (nSPS) is 11.6. The number of rotatable bonds is 8. The molecule has 0 heterocycles. The average Bonchev–Trinajstić information content (AvgIpc) is 2.38. The van der Waals surface area contributed by atoms with Crippen molar-refractivity contribution in [2.75, 3.05) is 19.7 Å². The molecule has 0 spiro atoms. The van der Waals surface area contributed by atoms with Crippen LogP contribution in [0, 0.1) is 12.3 Å². The van der Waals surface area contributed by atoms with E-state index < -0.39 is 0 Å². The smallest absolute Gasteiger partial charge is 0.120 e. The van der Waals surface area contributed by atoms with Crippen LogP contribution in [-0.2, 0) is 0 Å². The summed E-state index contributed by atoms with van der Waals surface area (Å²) in [5, 5.41) is 3.11. The van der Waals surface area contributed by atoms with Crippen molar-refractivity contribution < 1.29 is 9.47 Å². The lowest BCUT2D eigenvalue weighted by Crippen LogP contribution is -2.29. The van der Waals surface area contributed by atoms with Crippen molar-refractivity contribution >= 4 is 0 Å². The van der Waals surface area contributed by atoms with Crippen LogP contribution in [0.3, 0.4) is 0 Å². The van der Waals surface area contributed by atoms with Gasteiger partial charge in [-0.15, -0.1) is 6.42 Å². The number of ether oxygens (including phenoxy) is 2. The molecule has 18 heavy (non-hydrogen) atoms. The molecule has 98 valence electrons. The maximum Gasteiger partial charge on any atom is 0.120 e. The van der Waals surface area contributed by atoms with Crippen molar-refractivity contribution in [2.45, 2.75) is 26.4 Å². The Morgan fingerprint density at radius 2 is 1.94 bits per heavy atom. The molecule has 1 rings (SSSR count). The van der Waals surface area contributed by atoms with Crippen molar-refractivity contribution in [3.05, 3.63) is 24.3 Å². The van der Waals surface area contributed by atoms with Crippen LogP contribution in [-0.4, -0.2) is 25.8 Å². The second-order valence-corrected chi connectivity index (χ2v) is 4.08. The Morgan fingerprint density at radius 1 is 1.28 bits per heavy atom. The van der Waals surface area contributed by atoms with Gasteiger partial charge in [0.25, 0.3) is 0 Å². The van der Waals surface area contributed by atoms with Crippen LogP contribution in [0.5, 0.6) is 11.5 Å². The minimum Gasteiger partial charge on any atom is -0.494 e. The van der Waals surface area contributed by atoms with Gasteiger partial charge in [-0.1, -0.05) is 12.8 Å². The lowest BCUT2D eigenvalue weighted by molar-refractivity contribution is 0.219. The molecule has 0 radical (unpaired) electrons. The van der Waals surface area contributed by atoms with Crippen molar-refractivity contribution in [3.8, 4) is 23.8 Å². The molecular weight excluding hydrogens is 226 g/mol. The van der Waals surface area contributed by atoms with Crippen LogP contribution in [0.15, 0.2) is 24.3 Å². The predicted octanol–water partition coefficient (Wildman–Crippen LogP) is 2.47. The first-order valence-electron chi connectivity index (χ1n) is 6.30. The maximum atomic E-state index is 5.73. The molecular formula is C15H21NO2. The summed E-state index contributed by atoms with van der Waals surface area (Å²) >= 11 is 0. The Kier molecular flexibility index (Phi) is 6.75. The third kappa shape index (κ3) is 5.60. The molecule has 1 aromatic carbocycles. The van der Waals surface area contributed by atoms with Crippen LogP contribution in [0.25, 0.3) is 0 Å². The van der Waals surface area contributed by atoms with E-state index in [0.717, 1.165) is 31.1 Å². The quantitative estimate of drug-likeness (QED) is 0.565. The molecule has 1 N–H and O–H groups in total. The summed E-state index contributed by atoms with van der Waals surface area (Å²) in [5.41, 5.74) is 0. The van der Waals surface area contributed by atoms with Gasteiger partial charge >= 0.3 is 0 Å². The summed E-state index contributed by atoms with van der Waals surface area (Å²) < 4.78 is 11.2. The van der Waals surface area contributed by atoms with Crippen LogP contribution in [0.1, 0.15) is 20.3 Å². The minimum atomic E-state index is 0.0840. The van der Waals surface area contributed by atoms with Crippen LogP contribution < -0.4 is 14.8 Å². The Morgan fingerprint density at radius 3 is 2.56 bits per heavy atom. The van der Waals surface area contributed by atoms with Crippen molar-refractivity contribution in [1.82, 2.24) is 5.32 Å². The highest BCUT2D eigenvalue weighted by molar-refractivity contribution is 5.31. The summed E-state index contributed by atoms with van der Waals surface area (Å²) in [6.07, 6.45) is 6.25. The van der Waals surface area contributed by atoms with Gasteiger partial charge in [-0.25, -0.2) is 0 Å². The van der Waals surface area contributed by atoms with E-state index in [1.165, 1.54) is 0 Å². The average molecular weight is 247 g/mol. The highest BCUT2D eigenvalue weighted by Gasteiger charge is 2.03. The molecule has 3 nitrogen and oxygen atoms in total. The molecule has 0 aliphatic heterocycles. The van der Waals surface area contributed by atoms with Crippen molar-refractivity contribution in [3.63, 3.8) is 0 Å². The second-order valence-electron chi connectivity index (χ2n) is 4.08. The van der Waals surface area contributed by atoms with Crippen molar-refractivity contribution in [2.24, 2.45) is 0 Å². The van der Waals surface area contributed by atoms with Gasteiger partial charge in [-0.3, -0.25) is 0 Å². The van der Waals surface area contributed by atoms with E-state index in [9.17, 15) is 0 Å². The molecule has 0 saturated heterocycles. The summed E-state index contributed by atoms with van der Waals surface area (Å²) in [5.74, 6) is 4.25. The third-order valence-corrected chi connectivity index (χ3v) is 2.29. The highest BCUT2D eigenvalue weighted by Crippen LogP contribution is 2.18. The lowest BCUT2D eigenvalue weighted by atomic mass is 10.3. The summed E-state index contributed by atoms with van der Waals surface area (Å²) in [6.45, 7) is 6.13. The molecule has 1 aromatic rings. The monoisotopic (exact) mass is 247 g/mol. The first kappa shape index (κ1) is 14.4. The zero-order valence-electron chi connectivity index (χ0n) is 11.1. The second kappa shape index (κ2) is 8.43. The Hall–Kier alpha value is -1.66. The molecule has 0 amide bonds. The maximum absolute atomic E-state index is 5.73. The van der Waals surface area contributed by atoms with Gasteiger partial charge in [0.1, 0.15) is 17.6 Å². The first-order chi connectivity index (χ1) is 8.76. The van der Waals surface area contributed by atoms with Gasteiger partial charge < -0.3 is 14.8 Å². The van der Waals surface area contributed by atoms with Gasteiger partial charge in [-0.2, -0.15) is 0 Å². The zero-order chi connectivity index (χ0) is 13.2. The number of hydrogen-bond acceptors (Lipinski definition) is 3. The molecule has 0 aliphatic carbocycles. The van der Waals surface area contributed by atoms with E-state index in [-0.39, 0.29) is 6.10 Å². The van der Waals surface area contributed by atoms with Crippen molar-refractivity contribution in [1.29, 1.82) is 0 Å². The van der Waals surface area contributed by atoms with Gasteiger partial charge in [0, 0.05) is 6.54 Å². The fraction of sp³-hybridized carbons (Fsp3) is 0.467. The molecule has 0 bridgehead atoms. The number of terminal acetylenes is 1. The third-order valence-electron chi connectivity index (χ3n) is 2.29. The molecule has 0 saturated carbocycles. The van der Waals surface area contributed by atoms with Gasteiger partial charge in [0.2, 0.25) is 0 Å². The SMILES string of the molecule is C#CCNCC(C)Oc1ccc(OCCC)cc1. The van der Waals surface area contributed by atoms with E-state index in [0.29, 0.717) is 6.54 Å². The topological polar surface area (TPSA) is 30.5 Å². The molecule has 3 heteroatoms. The lowest BCUT2D eigenvalue weighted by Gasteiger charge is -2.15. The number of hydrogen-bond donors (Lipinski definition) is 1. The number of benzene rings is 1. The number of nitrogens with one attached hydrogen (secondary N) is 1. The standard InChI is InChI=1S/C15H21NO2/c1-4-10-16-12-13(3)18-15-8-6-14(7-9-15)17-11-5-2/h1,6-9,13,16H,5,10-12H2,2-3H3. The molecule has 0 aliphatic rings. The Bertz CT molecular complexity index is 367. The summed E-state index contributed by atoms with van der Waals surface area (Å²) in [7, 11) is 0. The van der Waals surface area contributed by atoms with E-state index >= 15 is 0 Å². The summed E-state index contributed by atoms with van der Waals surface area (Å²) in [6, 6.07) is 7.69. The fourth-order valence-corrected chi connectivity index (χ4v) is 1.46. The molecule has 0 fully saturated rings. The van der Waals surface area contributed by atoms with Crippen LogP contribution in [0.2, 0.25) is 0 Å². The van der Waals surface area contributed by atoms with Gasteiger partial charge in [-0.05, 0) is 37.6 Å². The zero-order valence-corrected chi connectivity index (χ0v) is 11.1. The molecule has 0 aromatic heterocycles. The highest BCUT2D eigenvalue weighted by atomic mass is 16.5. The summed E-state index contributed by atoms with van der Waals surface area (Å²) in [4.78, 5) is 0. The largest absolute Gasteiger partial charge is 0.494 e. The molecule has 1 atom stereocenters. The van der Waals surface area contributed by atoms with Gasteiger partial charge in [0.05, 0.1) is 13.2 Å². The molecule has 1 unspecified atom stereocenters. The Balaban J connectivity index is 2.36. The predicted molar refractivity (Wildman–Crippen MR) is 74.0 cm³/mol. The van der Waals surface area contributed by atoms with E-state index in [4.69, 9.17) is 15.9 Å². The minimum absolute atomic E-state index is 0.0840. The fourth-order valence-electron chi connectivity index (χ4n) is 1.46. The Labute approximate surface area is 109 Å².